The number of sulfonamides is 1. The molecule has 0 aliphatic rings. The van der Waals surface area contributed by atoms with E-state index in [1.165, 1.54) is 22.7 Å². The second-order valence-electron chi connectivity index (χ2n) is 4.44. The fourth-order valence-corrected chi connectivity index (χ4v) is 5.55. The van der Waals surface area contributed by atoms with E-state index in [4.69, 9.17) is 11.6 Å². The summed E-state index contributed by atoms with van der Waals surface area (Å²) in [5.41, 5.74) is 0. The van der Waals surface area contributed by atoms with E-state index in [2.05, 4.69) is 10.0 Å². The maximum absolute atomic E-state index is 12.4. The average Bonchev–Trinajstić information content (AvgIpc) is 3.00. The summed E-state index contributed by atoms with van der Waals surface area (Å²) in [7, 11) is -3.49. The van der Waals surface area contributed by atoms with Gasteiger partial charge in [-0.1, -0.05) is 18.5 Å². The van der Waals surface area contributed by atoms with Gasteiger partial charge >= 0.3 is 0 Å². The number of halogens is 1. The van der Waals surface area contributed by atoms with Gasteiger partial charge in [-0.3, -0.25) is 0 Å². The van der Waals surface area contributed by atoms with Crippen LogP contribution in [0.5, 0.6) is 0 Å². The van der Waals surface area contributed by atoms with Gasteiger partial charge in [0.2, 0.25) is 10.0 Å². The summed E-state index contributed by atoms with van der Waals surface area (Å²) >= 11 is 8.72. The molecular weight excluding hydrogens is 348 g/mol. The van der Waals surface area contributed by atoms with Crippen LogP contribution in [0.15, 0.2) is 23.1 Å². The Balaban J connectivity index is 2.09. The molecule has 2 aromatic heterocycles. The third-order valence-electron chi connectivity index (χ3n) is 2.83. The molecule has 0 saturated carbocycles. The van der Waals surface area contributed by atoms with E-state index >= 15 is 0 Å². The van der Waals surface area contributed by atoms with E-state index in [-0.39, 0.29) is 6.54 Å². The van der Waals surface area contributed by atoms with Gasteiger partial charge in [-0.15, -0.1) is 22.7 Å². The predicted octanol–water partition coefficient (Wildman–Crippen LogP) is 3.36. The van der Waals surface area contributed by atoms with Crippen molar-refractivity contribution < 1.29 is 8.42 Å². The predicted molar refractivity (Wildman–Crippen MR) is 89.8 cm³/mol. The second kappa shape index (κ2) is 7.21. The minimum absolute atomic E-state index is 0.261. The van der Waals surface area contributed by atoms with Crippen LogP contribution in [0.1, 0.15) is 21.6 Å². The van der Waals surface area contributed by atoms with Crippen molar-refractivity contribution >= 4 is 44.3 Å². The smallest absolute Gasteiger partial charge is 0.242 e. The van der Waals surface area contributed by atoms with Gasteiger partial charge in [0.05, 0.1) is 9.23 Å². The Bertz CT molecular complexity index is 707. The van der Waals surface area contributed by atoms with Crippen molar-refractivity contribution in [2.24, 2.45) is 0 Å². The molecule has 0 aromatic carbocycles. The van der Waals surface area contributed by atoms with Crippen LogP contribution in [0.4, 0.5) is 0 Å². The average molecular weight is 365 g/mol. The molecule has 0 aliphatic carbocycles. The second-order valence-corrected chi connectivity index (χ2v) is 9.32. The zero-order valence-electron chi connectivity index (χ0n) is 11.8. The Hall–Kier alpha value is -0.440. The van der Waals surface area contributed by atoms with Gasteiger partial charge in [0.25, 0.3) is 0 Å². The van der Waals surface area contributed by atoms with E-state index in [9.17, 15) is 8.42 Å². The zero-order valence-corrected chi connectivity index (χ0v) is 15.0. The lowest BCUT2D eigenvalue weighted by molar-refractivity contribution is 0.581. The minimum atomic E-state index is -3.49. The van der Waals surface area contributed by atoms with E-state index < -0.39 is 10.0 Å². The molecule has 2 rings (SSSR count). The number of nitrogens with one attached hydrogen (secondary N) is 2. The topological polar surface area (TPSA) is 58.2 Å². The molecule has 8 heteroatoms. The molecule has 0 spiro atoms. The molecule has 2 N–H and O–H groups in total. The number of hydrogen-bond donors (Lipinski definition) is 2. The molecule has 0 atom stereocenters. The summed E-state index contributed by atoms with van der Waals surface area (Å²) in [6.45, 7) is 5.66. The molecule has 2 aromatic rings. The first-order valence-corrected chi connectivity index (χ1v) is 9.95. The largest absolute Gasteiger partial charge is 0.312 e. The maximum Gasteiger partial charge on any atom is 0.242 e. The summed E-state index contributed by atoms with van der Waals surface area (Å²) in [6.07, 6.45) is 0. The summed E-state index contributed by atoms with van der Waals surface area (Å²) in [5.74, 6) is 0. The van der Waals surface area contributed by atoms with Gasteiger partial charge in [-0.2, -0.15) is 0 Å². The Labute approximate surface area is 138 Å². The molecule has 116 valence electrons. The normalized spacial score (nSPS) is 12.0. The third kappa shape index (κ3) is 4.51. The van der Waals surface area contributed by atoms with Crippen molar-refractivity contribution in [3.63, 3.8) is 0 Å². The Morgan fingerprint density at radius 1 is 1.19 bits per heavy atom. The highest BCUT2D eigenvalue weighted by molar-refractivity contribution is 7.89. The van der Waals surface area contributed by atoms with Crippen molar-refractivity contribution in [1.29, 1.82) is 0 Å². The number of aryl methyl sites for hydroxylation is 1. The van der Waals surface area contributed by atoms with Crippen molar-refractivity contribution in [1.82, 2.24) is 10.0 Å². The number of hydrogen-bond acceptors (Lipinski definition) is 5. The van der Waals surface area contributed by atoms with Crippen LogP contribution in [-0.4, -0.2) is 15.0 Å². The molecule has 0 unspecified atom stereocenters. The molecule has 0 aliphatic heterocycles. The fraction of sp³-hybridized carbons (Fsp3) is 0.385. The van der Waals surface area contributed by atoms with Crippen molar-refractivity contribution in [2.45, 2.75) is 31.8 Å². The van der Waals surface area contributed by atoms with Gasteiger partial charge in [-0.05, 0) is 31.7 Å². The third-order valence-corrected chi connectivity index (χ3v) is 6.77. The van der Waals surface area contributed by atoms with Gasteiger partial charge in [0.15, 0.2) is 0 Å². The van der Waals surface area contributed by atoms with Gasteiger partial charge in [0.1, 0.15) is 0 Å². The Morgan fingerprint density at radius 3 is 2.57 bits per heavy atom. The SMILES string of the molecule is CCNCc1cc(S(=O)(=O)NCc2ccc(Cl)s2)c(C)s1. The molecule has 0 saturated heterocycles. The fourth-order valence-electron chi connectivity index (χ4n) is 1.82. The first-order valence-electron chi connectivity index (χ1n) is 6.46. The van der Waals surface area contributed by atoms with Crippen LogP contribution in [0, 0.1) is 6.92 Å². The molecule has 0 radical (unpaired) electrons. The van der Waals surface area contributed by atoms with Crippen LogP contribution >= 0.6 is 34.3 Å². The Morgan fingerprint density at radius 2 is 1.95 bits per heavy atom. The summed E-state index contributed by atoms with van der Waals surface area (Å²) in [6, 6.07) is 5.33. The van der Waals surface area contributed by atoms with Gasteiger partial charge < -0.3 is 5.32 Å². The van der Waals surface area contributed by atoms with E-state index in [1.54, 1.807) is 12.1 Å². The van der Waals surface area contributed by atoms with Crippen LogP contribution < -0.4 is 10.0 Å². The zero-order chi connectivity index (χ0) is 15.5. The maximum atomic E-state index is 12.4. The van der Waals surface area contributed by atoms with Crippen molar-refractivity contribution in [2.75, 3.05) is 6.54 Å². The molecule has 4 nitrogen and oxygen atoms in total. The van der Waals surface area contributed by atoms with Crippen LogP contribution in [-0.2, 0) is 23.1 Å². The minimum Gasteiger partial charge on any atom is -0.312 e. The van der Waals surface area contributed by atoms with Crippen molar-refractivity contribution in [3.8, 4) is 0 Å². The molecule has 0 fully saturated rings. The van der Waals surface area contributed by atoms with Gasteiger partial charge in [-0.25, -0.2) is 13.1 Å². The Kier molecular flexibility index (Phi) is 5.81. The lowest BCUT2D eigenvalue weighted by Crippen LogP contribution is -2.23. The molecule has 2 heterocycles. The molecule has 0 bridgehead atoms. The van der Waals surface area contributed by atoms with Gasteiger partial charge in [0, 0.05) is 27.7 Å². The number of thiophene rings is 2. The highest BCUT2D eigenvalue weighted by Crippen LogP contribution is 2.26. The van der Waals surface area contributed by atoms with Crippen LogP contribution in [0.25, 0.3) is 0 Å². The molecule has 21 heavy (non-hydrogen) atoms. The summed E-state index contributed by atoms with van der Waals surface area (Å²) < 4.78 is 28.0. The van der Waals surface area contributed by atoms with Crippen LogP contribution in [0.2, 0.25) is 4.34 Å². The van der Waals surface area contributed by atoms with E-state index in [0.717, 1.165) is 21.2 Å². The van der Waals surface area contributed by atoms with E-state index in [0.29, 0.717) is 15.8 Å². The highest BCUT2D eigenvalue weighted by atomic mass is 35.5. The van der Waals surface area contributed by atoms with Crippen molar-refractivity contribution in [3.05, 3.63) is 37.2 Å². The summed E-state index contributed by atoms with van der Waals surface area (Å²) in [5, 5.41) is 3.20. The first kappa shape index (κ1) is 16.9. The van der Waals surface area contributed by atoms with Crippen LogP contribution in [0.3, 0.4) is 0 Å². The quantitative estimate of drug-likeness (QED) is 0.792. The standard InChI is InChI=1S/C13H17ClN2O2S3/c1-3-15-7-11-6-12(9(2)19-11)21(17,18)16-8-10-4-5-13(14)20-10/h4-6,15-16H,3,7-8H2,1-2H3. The first-order chi connectivity index (χ1) is 9.92. The summed E-state index contributed by atoms with van der Waals surface area (Å²) in [4.78, 5) is 3.08. The monoisotopic (exact) mass is 364 g/mol. The molecular formula is C13H17ClN2O2S3. The lowest BCUT2D eigenvalue weighted by Gasteiger charge is -2.04. The number of rotatable bonds is 7. The molecule has 0 amide bonds. The van der Waals surface area contributed by atoms with E-state index in [1.807, 2.05) is 19.9 Å². The highest BCUT2D eigenvalue weighted by Gasteiger charge is 2.19. The lowest BCUT2D eigenvalue weighted by atomic mass is 10.4.